The Kier molecular flexibility index (Phi) is 3.86. The van der Waals surface area contributed by atoms with Crippen LogP contribution in [0.2, 0.25) is 0 Å². The van der Waals surface area contributed by atoms with Crippen LogP contribution in [0.25, 0.3) is 10.2 Å². The van der Waals surface area contributed by atoms with E-state index in [1.54, 1.807) is 11.3 Å². The predicted octanol–water partition coefficient (Wildman–Crippen LogP) is 4.02. The van der Waals surface area contributed by atoms with Gasteiger partial charge in [0.05, 0.1) is 22.9 Å². The van der Waals surface area contributed by atoms with E-state index in [9.17, 15) is 4.79 Å². The van der Waals surface area contributed by atoms with Crippen molar-refractivity contribution in [2.75, 3.05) is 18.1 Å². The first kappa shape index (κ1) is 15.5. The fraction of sp³-hybridized carbons (Fsp3) is 0.500. The quantitative estimate of drug-likeness (QED) is 0.779. The number of benzene rings is 1. The molecule has 5 heteroatoms. The molecule has 0 unspecified atom stereocenters. The monoisotopic (exact) mass is 354 g/mol. The van der Waals surface area contributed by atoms with E-state index in [1.165, 1.54) is 0 Å². The molecule has 1 aromatic heterocycles. The van der Waals surface area contributed by atoms with Gasteiger partial charge in [-0.2, -0.15) is 0 Å². The first-order valence-electron chi connectivity index (χ1n) is 9.25. The average molecular weight is 354 g/mol. The fourth-order valence-corrected chi connectivity index (χ4v) is 5.47. The number of ether oxygens (including phenoxy) is 1. The van der Waals surface area contributed by atoms with Crippen LogP contribution in [0.5, 0.6) is 0 Å². The summed E-state index contributed by atoms with van der Waals surface area (Å²) >= 11 is 1.62. The van der Waals surface area contributed by atoms with E-state index in [-0.39, 0.29) is 17.9 Å². The van der Waals surface area contributed by atoms with Gasteiger partial charge in [0.15, 0.2) is 5.13 Å². The van der Waals surface area contributed by atoms with Crippen molar-refractivity contribution in [1.29, 1.82) is 0 Å². The number of aromatic nitrogens is 1. The maximum absolute atomic E-state index is 13.4. The predicted molar refractivity (Wildman–Crippen MR) is 99.8 cm³/mol. The van der Waals surface area contributed by atoms with E-state index >= 15 is 0 Å². The van der Waals surface area contributed by atoms with Crippen molar-refractivity contribution in [2.24, 2.45) is 17.8 Å². The molecule has 3 aliphatic rings. The molecule has 1 aromatic carbocycles. The highest BCUT2D eigenvalue weighted by Crippen LogP contribution is 2.45. The van der Waals surface area contributed by atoms with Crippen LogP contribution in [-0.2, 0) is 9.53 Å². The Balaban J connectivity index is 1.47. The van der Waals surface area contributed by atoms with Crippen LogP contribution >= 0.6 is 11.3 Å². The number of carbonyl (C=O) groups is 1. The molecule has 2 heterocycles. The molecule has 130 valence electrons. The molecule has 4 nitrogen and oxygen atoms in total. The van der Waals surface area contributed by atoms with Gasteiger partial charge in [-0.05, 0) is 49.7 Å². The molecule has 1 amide bonds. The largest absolute Gasteiger partial charge is 0.376 e. The molecule has 5 rings (SSSR count). The maximum atomic E-state index is 13.4. The number of carbonyl (C=O) groups excluding carboxylic acids is 1. The third-order valence-corrected chi connectivity index (χ3v) is 6.85. The van der Waals surface area contributed by atoms with Gasteiger partial charge in [-0.3, -0.25) is 9.69 Å². The molecule has 0 N–H and O–H groups in total. The van der Waals surface area contributed by atoms with Crippen molar-refractivity contribution >= 4 is 32.6 Å². The number of hydrogen-bond acceptors (Lipinski definition) is 4. The van der Waals surface area contributed by atoms with Crippen LogP contribution in [0.1, 0.15) is 25.7 Å². The lowest BCUT2D eigenvalue weighted by atomic mass is 9.92. The van der Waals surface area contributed by atoms with Gasteiger partial charge in [0, 0.05) is 12.5 Å². The zero-order valence-corrected chi connectivity index (χ0v) is 15.0. The molecule has 1 aliphatic heterocycles. The summed E-state index contributed by atoms with van der Waals surface area (Å²) in [6.07, 6.45) is 8.94. The van der Waals surface area contributed by atoms with Gasteiger partial charge in [-0.25, -0.2) is 4.98 Å². The van der Waals surface area contributed by atoms with Crippen molar-refractivity contribution in [3.05, 3.63) is 36.4 Å². The Morgan fingerprint density at radius 3 is 2.92 bits per heavy atom. The zero-order valence-electron chi connectivity index (χ0n) is 14.1. The molecular formula is C20H22N2O2S. The van der Waals surface area contributed by atoms with Gasteiger partial charge in [0.25, 0.3) is 0 Å². The van der Waals surface area contributed by atoms with Crippen LogP contribution in [0.3, 0.4) is 0 Å². The number of nitrogens with zero attached hydrogens (tertiary/aromatic N) is 2. The van der Waals surface area contributed by atoms with E-state index in [2.05, 4.69) is 18.2 Å². The van der Waals surface area contributed by atoms with E-state index < -0.39 is 0 Å². The number of hydrogen-bond donors (Lipinski definition) is 0. The van der Waals surface area contributed by atoms with Gasteiger partial charge in [0.2, 0.25) is 5.91 Å². The van der Waals surface area contributed by atoms with Gasteiger partial charge >= 0.3 is 0 Å². The van der Waals surface area contributed by atoms with Crippen LogP contribution in [0.15, 0.2) is 36.4 Å². The van der Waals surface area contributed by atoms with Crippen molar-refractivity contribution in [3.63, 3.8) is 0 Å². The Labute approximate surface area is 151 Å². The highest BCUT2D eigenvalue weighted by atomic mass is 32.1. The van der Waals surface area contributed by atoms with Crippen molar-refractivity contribution in [2.45, 2.75) is 31.8 Å². The van der Waals surface area contributed by atoms with Crippen LogP contribution < -0.4 is 4.90 Å². The molecule has 1 saturated carbocycles. The van der Waals surface area contributed by atoms with Crippen LogP contribution in [0, 0.1) is 17.8 Å². The minimum absolute atomic E-state index is 0.114. The molecule has 4 atom stereocenters. The molecule has 2 fully saturated rings. The van der Waals surface area contributed by atoms with Gasteiger partial charge < -0.3 is 4.74 Å². The topological polar surface area (TPSA) is 42.4 Å². The lowest BCUT2D eigenvalue weighted by Gasteiger charge is -2.28. The van der Waals surface area contributed by atoms with E-state index in [0.717, 1.165) is 47.6 Å². The van der Waals surface area contributed by atoms with Gasteiger partial charge in [-0.1, -0.05) is 35.6 Å². The molecular weight excluding hydrogens is 332 g/mol. The van der Waals surface area contributed by atoms with Gasteiger partial charge in [0.1, 0.15) is 0 Å². The summed E-state index contributed by atoms with van der Waals surface area (Å²) in [5.41, 5.74) is 0.973. The minimum atomic E-state index is 0.114. The van der Waals surface area contributed by atoms with E-state index in [0.29, 0.717) is 18.4 Å². The molecule has 2 aromatic rings. The van der Waals surface area contributed by atoms with Crippen molar-refractivity contribution in [3.8, 4) is 0 Å². The number of fused-ring (bicyclic) bond motifs is 3. The van der Waals surface area contributed by atoms with E-state index in [4.69, 9.17) is 9.72 Å². The Morgan fingerprint density at radius 1 is 1.28 bits per heavy atom. The molecule has 2 aliphatic carbocycles. The van der Waals surface area contributed by atoms with Crippen molar-refractivity contribution < 1.29 is 9.53 Å². The van der Waals surface area contributed by atoms with Crippen LogP contribution in [0.4, 0.5) is 5.13 Å². The standard InChI is InChI=1S/C20H22N2O2S/c23-19(16-11-13-7-8-14(16)10-13)22(12-15-4-3-9-24-15)20-21-17-5-1-2-6-18(17)25-20/h1-2,5-8,13-16H,3-4,9-12H2/t13-,14-,15+,16+/m0/s1. The number of amides is 1. The molecule has 0 radical (unpaired) electrons. The summed E-state index contributed by atoms with van der Waals surface area (Å²) in [6, 6.07) is 8.12. The minimum Gasteiger partial charge on any atom is -0.376 e. The Bertz CT molecular complexity index is 791. The van der Waals surface area contributed by atoms with Crippen molar-refractivity contribution in [1.82, 2.24) is 4.98 Å². The number of anilines is 1. The zero-order chi connectivity index (χ0) is 16.8. The first-order valence-corrected chi connectivity index (χ1v) is 10.1. The molecule has 0 spiro atoms. The number of thiazole rings is 1. The highest BCUT2D eigenvalue weighted by molar-refractivity contribution is 7.22. The first-order chi connectivity index (χ1) is 12.3. The third-order valence-electron chi connectivity index (χ3n) is 5.79. The highest BCUT2D eigenvalue weighted by Gasteiger charge is 2.42. The normalized spacial score (nSPS) is 30.4. The second-order valence-electron chi connectivity index (χ2n) is 7.43. The second-order valence-corrected chi connectivity index (χ2v) is 8.44. The molecule has 1 saturated heterocycles. The number of rotatable bonds is 4. The number of allylic oxidation sites excluding steroid dienone is 2. The fourth-order valence-electron chi connectivity index (χ4n) is 4.49. The average Bonchev–Trinajstić information content (AvgIpc) is 3.42. The molecule has 25 heavy (non-hydrogen) atoms. The van der Waals surface area contributed by atoms with E-state index in [1.807, 2.05) is 23.1 Å². The number of para-hydroxylation sites is 1. The molecule has 2 bridgehead atoms. The SMILES string of the molecule is O=C([C@@H]1C[C@H]2C=C[C@H]1C2)N(C[C@H]1CCCO1)c1nc2ccccc2s1. The summed E-state index contributed by atoms with van der Waals surface area (Å²) in [5, 5.41) is 0.827. The Hall–Kier alpha value is -1.72. The summed E-state index contributed by atoms with van der Waals surface area (Å²) < 4.78 is 6.96. The lowest BCUT2D eigenvalue weighted by molar-refractivity contribution is -0.123. The Morgan fingerprint density at radius 2 is 2.20 bits per heavy atom. The smallest absolute Gasteiger partial charge is 0.232 e. The third kappa shape index (κ3) is 2.79. The lowest BCUT2D eigenvalue weighted by Crippen LogP contribution is -2.42. The maximum Gasteiger partial charge on any atom is 0.232 e. The summed E-state index contributed by atoms with van der Waals surface area (Å²) in [6.45, 7) is 1.44. The van der Waals surface area contributed by atoms with Crippen LogP contribution in [-0.4, -0.2) is 30.1 Å². The summed E-state index contributed by atoms with van der Waals surface area (Å²) in [7, 11) is 0. The summed E-state index contributed by atoms with van der Waals surface area (Å²) in [5.74, 6) is 1.37. The van der Waals surface area contributed by atoms with Gasteiger partial charge in [-0.15, -0.1) is 0 Å². The second kappa shape index (κ2) is 6.22. The summed E-state index contributed by atoms with van der Waals surface area (Å²) in [4.78, 5) is 20.1.